The minimum Gasteiger partial charge on any atom is -0.371 e. The molecule has 0 spiro atoms. The number of carbonyl (C=O) groups is 1. The predicted octanol–water partition coefficient (Wildman–Crippen LogP) is 3.73. The lowest BCUT2D eigenvalue weighted by Crippen LogP contribution is -2.41. The van der Waals surface area contributed by atoms with E-state index in [4.69, 9.17) is 0 Å². The Balaban J connectivity index is 1.19. The van der Waals surface area contributed by atoms with Gasteiger partial charge in [-0.3, -0.25) is 9.69 Å². The van der Waals surface area contributed by atoms with E-state index < -0.39 is 0 Å². The quantitative estimate of drug-likeness (QED) is 0.818. The molecule has 0 saturated carbocycles. The summed E-state index contributed by atoms with van der Waals surface area (Å²) >= 11 is 0. The fourth-order valence-corrected chi connectivity index (χ4v) is 4.27. The molecule has 0 bridgehead atoms. The Bertz CT molecular complexity index is 844. The number of hydrogen-bond donors (Lipinski definition) is 1. The first-order valence-electron chi connectivity index (χ1n) is 10.7. The van der Waals surface area contributed by atoms with Crippen LogP contribution in [0.15, 0.2) is 60.7 Å². The number of rotatable bonds is 6. The summed E-state index contributed by atoms with van der Waals surface area (Å²) < 4.78 is 0. The third-order valence-corrected chi connectivity index (χ3v) is 6.08. The van der Waals surface area contributed by atoms with Gasteiger partial charge >= 0.3 is 0 Å². The van der Waals surface area contributed by atoms with Crippen LogP contribution in [0.4, 0.5) is 5.69 Å². The van der Waals surface area contributed by atoms with Crippen molar-refractivity contribution in [2.45, 2.75) is 19.8 Å². The van der Waals surface area contributed by atoms with Crippen molar-refractivity contribution in [1.29, 1.82) is 0 Å². The molecule has 2 heterocycles. The maximum Gasteiger partial charge on any atom is 0.234 e. The second kappa shape index (κ2) is 9.27. The molecule has 1 amide bonds. The lowest BCUT2D eigenvalue weighted by atomic mass is 9.98. The van der Waals surface area contributed by atoms with Crippen molar-refractivity contribution in [3.05, 3.63) is 71.8 Å². The van der Waals surface area contributed by atoms with Crippen molar-refractivity contribution in [3.8, 4) is 0 Å². The topological polar surface area (TPSA) is 35.6 Å². The van der Waals surface area contributed by atoms with E-state index in [9.17, 15) is 4.79 Å². The van der Waals surface area contributed by atoms with Gasteiger partial charge < -0.3 is 10.2 Å². The van der Waals surface area contributed by atoms with Gasteiger partial charge in [0, 0.05) is 38.4 Å². The first-order chi connectivity index (χ1) is 14.2. The predicted molar refractivity (Wildman–Crippen MR) is 120 cm³/mol. The minimum absolute atomic E-state index is 0.148. The molecule has 1 saturated heterocycles. The zero-order valence-corrected chi connectivity index (χ0v) is 17.3. The highest BCUT2D eigenvalue weighted by Gasteiger charge is 2.23. The number of aryl methyl sites for hydroxylation is 1. The standard InChI is InChI=1S/C25H31N3O/c1-20-7-9-22(10-8-20)23-12-14-27(15-13-23)19-25(29)26-17-21-11-16-28(18-21)24-5-3-2-4-6-24/h2-10,12,21H,11,13-19H2,1H3,(H,26,29)/t21-/m1/s1. The lowest BCUT2D eigenvalue weighted by Gasteiger charge is -2.26. The first-order valence-corrected chi connectivity index (χ1v) is 10.7. The molecule has 2 aromatic rings. The van der Waals surface area contributed by atoms with Gasteiger partial charge in [0.1, 0.15) is 0 Å². The van der Waals surface area contributed by atoms with Gasteiger partial charge in [0.2, 0.25) is 5.91 Å². The number of hydrogen-bond acceptors (Lipinski definition) is 3. The number of para-hydroxylation sites is 1. The number of nitrogens with one attached hydrogen (secondary N) is 1. The van der Waals surface area contributed by atoms with Crippen LogP contribution in [0.1, 0.15) is 24.0 Å². The Morgan fingerprint density at radius 2 is 1.86 bits per heavy atom. The Morgan fingerprint density at radius 3 is 2.59 bits per heavy atom. The summed E-state index contributed by atoms with van der Waals surface area (Å²) in [5.74, 6) is 0.684. The van der Waals surface area contributed by atoms with Crippen LogP contribution in [0.2, 0.25) is 0 Å². The number of anilines is 1. The minimum atomic E-state index is 0.148. The highest BCUT2D eigenvalue weighted by Crippen LogP contribution is 2.24. The van der Waals surface area contributed by atoms with Crippen LogP contribution in [0.5, 0.6) is 0 Å². The molecule has 29 heavy (non-hydrogen) atoms. The maximum atomic E-state index is 12.4. The van der Waals surface area contributed by atoms with Gasteiger partial charge in [-0.1, -0.05) is 54.1 Å². The number of carbonyl (C=O) groups excluding carboxylic acids is 1. The Labute approximate surface area is 174 Å². The monoisotopic (exact) mass is 389 g/mol. The van der Waals surface area contributed by atoms with Gasteiger partial charge in [-0.2, -0.15) is 0 Å². The molecule has 4 heteroatoms. The Morgan fingerprint density at radius 1 is 1.07 bits per heavy atom. The van der Waals surface area contributed by atoms with E-state index in [1.807, 2.05) is 0 Å². The normalized spacial score (nSPS) is 19.8. The van der Waals surface area contributed by atoms with E-state index >= 15 is 0 Å². The van der Waals surface area contributed by atoms with Gasteiger partial charge in [-0.05, 0) is 49.0 Å². The fraction of sp³-hybridized carbons (Fsp3) is 0.400. The van der Waals surface area contributed by atoms with Crippen LogP contribution >= 0.6 is 0 Å². The molecule has 4 nitrogen and oxygen atoms in total. The summed E-state index contributed by atoms with van der Waals surface area (Å²) in [7, 11) is 0. The third-order valence-electron chi connectivity index (χ3n) is 6.08. The van der Waals surface area contributed by atoms with Crippen molar-refractivity contribution in [2.24, 2.45) is 5.92 Å². The van der Waals surface area contributed by atoms with Crippen molar-refractivity contribution >= 4 is 17.2 Å². The molecule has 0 aliphatic carbocycles. The smallest absolute Gasteiger partial charge is 0.234 e. The lowest BCUT2D eigenvalue weighted by molar-refractivity contribution is -0.122. The average Bonchev–Trinajstić information content (AvgIpc) is 3.23. The molecule has 0 aromatic heterocycles. The zero-order chi connectivity index (χ0) is 20.1. The number of amides is 1. The van der Waals surface area contributed by atoms with E-state index in [0.29, 0.717) is 12.5 Å². The Hall–Kier alpha value is -2.59. The second-order valence-electron chi connectivity index (χ2n) is 8.32. The maximum absolute atomic E-state index is 12.4. The van der Waals surface area contributed by atoms with Gasteiger partial charge in [0.15, 0.2) is 0 Å². The van der Waals surface area contributed by atoms with Crippen LogP contribution in [0, 0.1) is 12.8 Å². The SMILES string of the molecule is Cc1ccc(C2=CCN(CC(=O)NC[C@H]3CCN(c4ccccc4)C3)CC2)cc1. The van der Waals surface area contributed by atoms with Gasteiger partial charge in [0.25, 0.3) is 0 Å². The highest BCUT2D eigenvalue weighted by atomic mass is 16.2. The molecule has 152 valence electrons. The zero-order valence-electron chi connectivity index (χ0n) is 17.3. The highest BCUT2D eigenvalue weighted by molar-refractivity contribution is 5.78. The molecule has 1 N–H and O–H groups in total. The molecular formula is C25H31N3O. The van der Waals surface area contributed by atoms with E-state index in [0.717, 1.165) is 45.6 Å². The summed E-state index contributed by atoms with van der Waals surface area (Å²) in [6.45, 7) is 7.28. The summed E-state index contributed by atoms with van der Waals surface area (Å²) in [5, 5.41) is 3.17. The summed E-state index contributed by atoms with van der Waals surface area (Å²) in [5.41, 5.74) is 5.28. The number of benzene rings is 2. The number of nitrogens with zero attached hydrogens (tertiary/aromatic N) is 2. The van der Waals surface area contributed by atoms with E-state index in [-0.39, 0.29) is 5.91 Å². The van der Waals surface area contributed by atoms with E-state index in [1.54, 1.807) is 0 Å². The van der Waals surface area contributed by atoms with Crippen molar-refractivity contribution in [3.63, 3.8) is 0 Å². The summed E-state index contributed by atoms with van der Waals surface area (Å²) in [6.07, 6.45) is 4.42. The van der Waals surface area contributed by atoms with Gasteiger partial charge in [0.05, 0.1) is 6.54 Å². The largest absolute Gasteiger partial charge is 0.371 e. The molecule has 4 rings (SSSR count). The third kappa shape index (κ3) is 5.27. The fourth-order valence-electron chi connectivity index (χ4n) is 4.27. The van der Waals surface area contributed by atoms with E-state index in [1.165, 1.54) is 22.4 Å². The van der Waals surface area contributed by atoms with Gasteiger partial charge in [-0.25, -0.2) is 0 Å². The van der Waals surface area contributed by atoms with Crippen LogP contribution in [-0.2, 0) is 4.79 Å². The van der Waals surface area contributed by atoms with Crippen LogP contribution < -0.4 is 10.2 Å². The first kappa shape index (κ1) is 19.7. The molecule has 1 atom stereocenters. The molecule has 0 radical (unpaired) electrons. The van der Waals surface area contributed by atoms with Crippen LogP contribution in [0.25, 0.3) is 5.57 Å². The van der Waals surface area contributed by atoms with Crippen LogP contribution in [0.3, 0.4) is 0 Å². The van der Waals surface area contributed by atoms with E-state index in [2.05, 4.69) is 82.7 Å². The average molecular weight is 390 g/mol. The van der Waals surface area contributed by atoms with Gasteiger partial charge in [-0.15, -0.1) is 0 Å². The molecular weight excluding hydrogens is 358 g/mol. The van der Waals surface area contributed by atoms with Crippen molar-refractivity contribution in [1.82, 2.24) is 10.2 Å². The molecule has 1 fully saturated rings. The molecule has 2 aliphatic heterocycles. The van der Waals surface area contributed by atoms with Crippen LogP contribution in [-0.4, -0.2) is 50.1 Å². The van der Waals surface area contributed by atoms with Crippen molar-refractivity contribution < 1.29 is 4.79 Å². The second-order valence-corrected chi connectivity index (χ2v) is 8.32. The molecule has 2 aliphatic rings. The molecule has 2 aromatic carbocycles. The summed E-state index contributed by atoms with van der Waals surface area (Å²) in [4.78, 5) is 17.1. The summed E-state index contributed by atoms with van der Waals surface area (Å²) in [6, 6.07) is 19.3. The molecule has 0 unspecified atom stereocenters. The van der Waals surface area contributed by atoms with Crippen molar-refractivity contribution in [2.75, 3.05) is 44.2 Å². The Kier molecular flexibility index (Phi) is 6.30.